The molecule has 0 aliphatic heterocycles. The fourth-order valence-electron chi connectivity index (χ4n) is 1.80. The molecule has 0 unspecified atom stereocenters. The minimum Gasteiger partial charge on any atom is -0.492 e. The van der Waals surface area contributed by atoms with Crippen LogP contribution in [0.4, 0.5) is 10.1 Å². The molecular weight excluding hydrogens is 269 g/mol. The summed E-state index contributed by atoms with van der Waals surface area (Å²) in [5.74, 6) is 0.482. The van der Waals surface area contributed by atoms with E-state index in [0.29, 0.717) is 24.9 Å². The molecule has 0 radical (unpaired) electrons. The highest BCUT2D eigenvalue weighted by Gasteiger charge is 1.97. The number of rotatable bonds is 5. The van der Waals surface area contributed by atoms with Crippen molar-refractivity contribution < 1.29 is 9.13 Å². The Morgan fingerprint density at radius 3 is 2.81 bits per heavy atom. The van der Waals surface area contributed by atoms with E-state index in [9.17, 15) is 4.39 Å². The lowest BCUT2D eigenvalue weighted by Crippen LogP contribution is -2.23. The number of ether oxygens (including phenoxy) is 1. The van der Waals surface area contributed by atoms with E-state index in [2.05, 4.69) is 10.3 Å². The maximum atomic E-state index is 12.9. The zero-order valence-electron chi connectivity index (χ0n) is 11.8. The average Bonchev–Trinajstić information content (AvgIpc) is 2.44. The summed E-state index contributed by atoms with van der Waals surface area (Å²) in [6.07, 6.45) is 0. The van der Waals surface area contributed by atoms with Crippen molar-refractivity contribution in [3.05, 3.63) is 59.9 Å². The number of hydrogen-bond acceptors (Lipinski definition) is 2. The number of guanidine groups is 1. The van der Waals surface area contributed by atoms with E-state index in [0.717, 1.165) is 11.3 Å². The van der Waals surface area contributed by atoms with Crippen LogP contribution in [0, 0.1) is 12.7 Å². The Morgan fingerprint density at radius 2 is 2.05 bits per heavy atom. The third kappa shape index (κ3) is 5.14. The molecular formula is C16H18FN3O. The summed E-state index contributed by atoms with van der Waals surface area (Å²) in [5.41, 5.74) is 7.81. The van der Waals surface area contributed by atoms with Gasteiger partial charge in [-0.2, -0.15) is 0 Å². The first-order chi connectivity index (χ1) is 10.1. The summed E-state index contributed by atoms with van der Waals surface area (Å²) in [6.45, 7) is 2.73. The van der Waals surface area contributed by atoms with Crippen molar-refractivity contribution in [2.75, 3.05) is 18.5 Å². The van der Waals surface area contributed by atoms with Gasteiger partial charge in [0.05, 0.1) is 6.54 Å². The maximum Gasteiger partial charge on any atom is 0.193 e. The number of nitrogens with zero attached hydrogens (tertiary/aromatic N) is 1. The molecule has 0 atom stereocenters. The number of nitrogens with two attached hydrogens (primary N) is 1. The number of halogens is 1. The van der Waals surface area contributed by atoms with Crippen molar-refractivity contribution in [2.45, 2.75) is 6.92 Å². The van der Waals surface area contributed by atoms with Crippen LogP contribution < -0.4 is 15.8 Å². The molecule has 0 heterocycles. The van der Waals surface area contributed by atoms with Crippen molar-refractivity contribution >= 4 is 11.6 Å². The zero-order valence-corrected chi connectivity index (χ0v) is 11.8. The molecule has 0 bridgehead atoms. The third-order valence-corrected chi connectivity index (χ3v) is 2.73. The SMILES string of the molecule is Cc1cccc(NC(N)=NCCOc2cccc(F)c2)c1. The summed E-state index contributed by atoms with van der Waals surface area (Å²) < 4.78 is 18.3. The van der Waals surface area contributed by atoms with Crippen LogP contribution in [0.15, 0.2) is 53.5 Å². The number of benzene rings is 2. The zero-order chi connectivity index (χ0) is 15.1. The van der Waals surface area contributed by atoms with Crippen LogP contribution in [0.25, 0.3) is 0 Å². The predicted octanol–water partition coefficient (Wildman–Crippen LogP) is 2.94. The molecule has 0 aliphatic carbocycles. The molecule has 0 saturated carbocycles. The van der Waals surface area contributed by atoms with E-state index in [-0.39, 0.29) is 5.82 Å². The Kier molecular flexibility index (Phi) is 5.15. The van der Waals surface area contributed by atoms with Crippen LogP contribution in [0.3, 0.4) is 0 Å². The molecule has 21 heavy (non-hydrogen) atoms. The second-order valence-electron chi connectivity index (χ2n) is 4.57. The topological polar surface area (TPSA) is 59.6 Å². The largest absolute Gasteiger partial charge is 0.492 e. The van der Waals surface area contributed by atoms with Gasteiger partial charge in [-0.25, -0.2) is 9.38 Å². The van der Waals surface area contributed by atoms with Crippen LogP contribution >= 0.6 is 0 Å². The van der Waals surface area contributed by atoms with E-state index < -0.39 is 0 Å². The smallest absolute Gasteiger partial charge is 0.193 e. The fraction of sp³-hybridized carbons (Fsp3) is 0.188. The summed E-state index contributed by atoms with van der Waals surface area (Å²) in [6, 6.07) is 13.8. The molecule has 5 heteroatoms. The molecule has 0 saturated heterocycles. The lowest BCUT2D eigenvalue weighted by Gasteiger charge is -2.07. The van der Waals surface area contributed by atoms with E-state index in [4.69, 9.17) is 10.5 Å². The summed E-state index contributed by atoms with van der Waals surface area (Å²) >= 11 is 0. The van der Waals surface area contributed by atoms with Gasteiger partial charge in [-0.15, -0.1) is 0 Å². The van der Waals surface area contributed by atoms with Crippen molar-refractivity contribution in [2.24, 2.45) is 10.7 Å². The Hall–Kier alpha value is -2.56. The van der Waals surface area contributed by atoms with Crippen LogP contribution in [0.2, 0.25) is 0 Å². The van der Waals surface area contributed by atoms with Crippen LogP contribution in [-0.4, -0.2) is 19.1 Å². The van der Waals surface area contributed by atoms with Crippen molar-refractivity contribution in [3.63, 3.8) is 0 Å². The highest BCUT2D eigenvalue weighted by Crippen LogP contribution is 2.11. The van der Waals surface area contributed by atoms with Crippen LogP contribution in [-0.2, 0) is 0 Å². The predicted molar refractivity (Wildman–Crippen MR) is 83.2 cm³/mol. The van der Waals surface area contributed by atoms with Gasteiger partial charge >= 0.3 is 0 Å². The number of hydrogen-bond donors (Lipinski definition) is 2. The molecule has 0 aromatic heterocycles. The lowest BCUT2D eigenvalue weighted by molar-refractivity contribution is 0.327. The number of aryl methyl sites for hydroxylation is 1. The number of aliphatic imine (C=N–C) groups is 1. The number of anilines is 1. The molecule has 2 aromatic carbocycles. The standard InChI is InChI=1S/C16H18FN3O/c1-12-4-2-6-14(10-12)20-16(18)19-8-9-21-15-7-3-5-13(17)11-15/h2-7,10-11H,8-9H2,1H3,(H3,18,19,20). The molecule has 0 spiro atoms. The maximum absolute atomic E-state index is 12.9. The Bertz CT molecular complexity index is 628. The van der Waals surface area contributed by atoms with E-state index in [1.54, 1.807) is 12.1 Å². The Labute approximate surface area is 123 Å². The molecule has 0 fully saturated rings. The molecule has 0 amide bonds. The molecule has 4 nitrogen and oxygen atoms in total. The molecule has 2 rings (SSSR count). The van der Waals surface area contributed by atoms with Crippen LogP contribution in [0.1, 0.15) is 5.56 Å². The summed E-state index contributed by atoms with van der Waals surface area (Å²) in [4.78, 5) is 4.15. The first-order valence-electron chi connectivity index (χ1n) is 6.65. The van der Waals surface area contributed by atoms with Gasteiger partial charge in [-0.1, -0.05) is 18.2 Å². The monoisotopic (exact) mass is 287 g/mol. The molecule has 0 aliphatic rings. The first kappa shape index (κ1) is 14.8. The fourth-order valence-corrected chi connectivity index (χ4v) is 1.80. The van der Waals surface area contributed by atoms with Gasteiger partial charge in [0.25, 0.3) is 0 Å². The Balaban J connectivity index is 1.78. The van der Waals surface area contributed by atoms with Gasteiger partial charge in [0.15, 0.2) is 5.96 Å². The highest BCUT2D eigenvalue weighted by molar-refractivity contribution is 5.92. The molecule has 3 N–H and O–H groups in total. The first-order valence-corrected chi connectivity index (χ1v) is 6.65. The normalized spacial score (nSPS) is 11.2. The lowest BCUT2D eigenvalue weighted by atomic mass is 10.2. The molecule has 110 valence electrons. The highest BCUT2D eigenvalue weighted by atomic mass is 19.1. The average molecular weight is 287 g/mol. The second-order valence-corrected chi connectivity index (χ2v) is 4.57. The summed E-state index contributed by atoms with van der Waals surface area (Å²) in [5, 5.41) is 3.00. The third-order valence-electron chi connectivity index (χ3n) is 2.73. The van der Waals surface area contributed by atoms with E-state index in [1.165, 1.54) is 12.1 Å². The minimum atomic E-state index is -0.323. The minimum absolute atomic E-state index is 0.323. The van der Waals surface area contributed by atoms with Gasteiger partial charge in [0.1, 0.15) is 18.2 Å². The quantitative estimate of drug-likeness (QED) is 0.505. The van der Waals surface area contributed by atoms with E-state index in [1.807, 2.05) is 31.2 Å². The van der Waals surface area contributed by atoms with Crippen molar-refractivity contribution in [1.29, 1.82) is 0 Å². The number of nitrogens with one attached hydrogen (secondary N) is 1. The van der Waals surface area contributed by atoms with Gasteiger partial charge < -0.3 is 15.8 Å². The van der Waals surface area contributed by atoms with Crippen LogP contribution in [0.5, 0.6) is 5.75 Å². The summed E-state index contributed by atoms with van der Waals surface area (Å²) in [7, 11) is 0. The second kappa shape index (κ2) is 7.28. The van der Waals surface area contributed by atoms with Gasteiger partial charge in [0, 0.05) is 11.8 Å². The van der Waals surface area contributed by atoms with Gasteiger partial charge in [0.2, 0.25) is 0 Å². The molecule has 2 aromatic rings. The van der Waals surface area contributed by atoms with Crippen molar-refractivity contribution in [3.8, 4) is 5.75 Å². The Morgan fingerprint density at radius 1 is 1.24 bits per heavy atom. The van der Waals surface area contributed by atoms with E-state index >= 15 is 0 Å². The van der Waals surface area contributed by atoms with Gasteiger partial charge in [-0.05, 0) is 36.8 Å². The van der Waals surface area contributed by atoms with Crippen molar-refractivity contribution in [1.82, 2.24) is 0 Å². The van der Waals surface area contributed by atoms with Gasteiger partial charge in [-0.3, -0.25) is 0 Å².